The number of hydrogen-bond acceptors (Lipinski definition) is 2. The van der Waals surface area contributed by atoms with E-state index in [1.54, 1.807) is 13.8 Å². The monoisotopic (exact) mass is 221 g/mol. The van der Waals surface area contributed by atoms with Crippen molar-refractivity contribution in [1.29, 1.82) is 0 Å². The second-order valence-corrected chi connectivity index (χ2v) is 4.11. The van der Waals surface area contributed by atoms with Crippen molar-refractivity contribution in [2.45, 2.75) is 32.9 Å². The van der Waals surface area contributed by atoms with Crippen LogP contribution in [0, 0.1) is 0 Å². The lowest BCUT2D eigenvalue weighted by Gasteiger charge is -2.23. The summed E-state index contributed by atoms with van der Waals surface area (Å²) in [5.74, 6) is -0.0850. The lowest BCUT2D eigenvalue weighted by molar-refractivity contribution is -0.142. The maximum Gasteiger partial charge on any atom is 0.251 e. The Hall–Kier alpha value is -1.35. The molecule has 0 aliphatic carbocycles. The summed E-state index contributed by atoms with van der Waals surface area (Å²) in [6.45, 7) is 6.50. The Balaban J connectivity index is 2.47. The summed E-state index contributed by atoms with van der Waals surface area (Å²) in [6, 6.07) is 9.82. The maximum atomic E-state index is 11.8. The van der Waals surface area contributed by atoms with Crippen LogP contribution in [-0.2, 0) is 16.1 Å². The molecule has 0 atom stereocenters. The van der Waals surface area contributed by atoms with Gasteiger partial charge < -0.3 is 10.1 Å². The third-order valence-corrected chi connectivity index (χ3v) is 2.35. The SMILES string of the molecule is CCOC(C)(C)C(=O)NCc1ccccc1. The second kappa shape index (κ2) is 5.66. The van der Waals surface area contributed by atoms with Gasteiger partial charge in [-0.25, -0.2) is 0 Å². The van der Waals surface area contributed by atoms with Gasteiger partial charge in [0, 0.05) is 13.2 Å². The first-order chi connectivity index (χ1) is 7.56. The Labute approximate surface area is 96.8 Å². The van der Waals surface area contributed by atoms with Crippen LogP contribution in [0.4, 0.5) is 0 Å². The fourth-order valence-corrected chi connectivity index (χ4v) is 1.42. The van der Waals surface area contributed by atoms with Gasteiger partial charge in [-0.3, -0.25) is 4.79 Å². The van der Waals surface area contributed by atoms with E-state index in [0.29, 0.717) is 13.2 Å². The number of amides is 1. The average Bonchev–Trinajstić information content (AvgIpc) is 2.27. The van der Waals surface area contributed by atoms with E-state index in [-0.39, 0.29) is 5.91 Å². The highest BCUT2D eigenvalue weighted by molar-refractivity contribution is 5.84. The molecule has 88 valence electrons. The van der Waals surface area contributed by atoms with Crippen molar-refractivity contribution in [2.75, 3.05) is 6.61 Å². The predicted octanol–water partition coefficient (Wildman–Crippen LogP) is 2.12. The van der Waals surface area contributed by atoms with Crippen LogP contribution in [0.15, 0.2) is 30.3 Å². The first-order valence-electron chi connectivity index (χ1n) is 5.52. The molecule has 0 saturated carbocycles. The van der Waals surface area contributed by atoms with E-state index in [1.807, 2.05) is 37.3 Å². The summed E-state index contributed by atoms with van der Waals surface area (Å²) in [5, 5.41) is 2.86. The molecule has 3 heteroatoms. The molecular weight excluding hydrogens is 202 g/mol. The quantitative estimate of drug-likeness (QED) is 0.827. The van der Waals surface area contributed by atoms with Crippen LogP contribution >= 0.6 is 0 Å². The molecule has 0 unspecified atom stereocenters. The Morgan fingerprint density at radius 1 is 1.31 bits per heavy atom. The lowest BCUT2D eigenvalue weighted by Crippen LogP contribution is -2.43. The summed E-state index contributed by atoms with van der Waals surface area (Å²) in [6.07, 6.45) is 0. The summed E-state index contributed by atoms with van der Waals surface area (Å²) >= 11 is 0. The van der Waals surface area contributed by atoms with Crippen LogP contribution in [0.2, 0.25) is 0 Å². The fourth-order valence-electron chi connectivity index (χ4n) is 1.42. The molecule has 0 aliphatic rings. The molecule has 16 heavy (non-hydrogen) atoms. The molecule has 1 N–H and O–H groups in total. The third kappa shape index (κ3) is 3.66. The summed E-state index contributed by atoms with van der Waals surface area (Å²) in [5.41, 5.74) is 0.326. The van der Waals surface area contributed by atoms with E-state index >= 15 is 0 Å². The molecule has 0 aliphatic heterocycles. The zero-order valence-corrected chi connectivity index (χ0v) is 10.1. The maximum absolute atomic E-state index is 11.8. The molecular formula is C13H19NO2. The summed E-state index contributed by atoms with van der Waals surface area (Å²) < 4.78 is 5.37. The van der Waals surface area contributed by atoms with Gasteiger partial charge in [-0.1, -0.05) is 30.3 Å². The predicted molar refractivity (Wildman–Crippen MR) is 64.0 cm³/mol. The van der Waals surface area contributed by atoms with Gasteiger partial charge in [0.15, 0.2) is 0 Å². The molecule has 0 spiro atoms. The molecule has 0 saturated heterocycles. The third-order valence-electron chi connectivity index (χ3n) is 2.35. The van der Waals surface area contributed by atoms with Crippen molar-refractivity contribution in [3.05, 3.63) is 35.9 Å². The standard InChI is InChI=1S/C13H19NO2/c1-4-16-13(2,3)12(15)14-10-11-8-6-5-7-9-11/h5-9H,4,10H2,1-3H3,(H,14,15). The van der Waals surface area contributed by atoms with Gasteiger partial charge in [-0.2, -0.15) is 0 Å². The molecule has 0 fully saturated rings. The van der Waals surface area contributed by atoms with Crippen molar-refractivity contribution in [3.8, 4) is 0 Å². The Bertz CT molecular complexity index is 333. The second-order valence-electron chi connectivity index (χ2n) is 4.11. The largest absolute Gasteiger partial charge is 0.366 e. The first-order valence-corrected chi connectivity index (χ1v) is 5.52. The number of hydrogen-bond donors (Lipinski definition) is 1. The minimum Gasteiger partial charge on any atom is -0.366 e. The number of carbonyl (C=O) groups excluding carboxylic acids is 1. The van der Waals surface area contributed by atoms with Crippen LogP contribution < -0.4 is 5.32 Å². The molecule has 0 heterocycles. The number of benzene rings is 1. The zero-order chi connectivity index (χ0) is 12.0. The number of rotatable bonds is 5. The topological polar surface area (TPSA) is 38.3 Å². The number of nitrogens with one attached hydrogen (secondary N) is 1. The van der Waals surface area contributed by atoms with E-state index in [0.717, 1.165) is 5.56 Å². The highest BCUT2D eigenvalue weighted by Gasteiger charge is 2.27. The summed E-state index contributed by atoms with van der Waals surface area (Å²) in [7, 11) is 0. The van der Waals surface area contributed by atoms with Gasteiger partial charge in [0.25, 0.3) is 5.91 Å². The van der Waals surface area contributed by atoms with E-state index in [4.69, 9.17) is 4.74 Å². The minimum absolute atomic E-state index is 0.0850. The van der Waals surface area contributed by atoms with E-state index in [1.165, 1.54) is 0 Å². The van der Waals surface area contributed by atoms with Gasteiger partial charge in [0.1, 0.15) is 5.60 Å². The lowest BCUT2D eigenvalue weighted by atomic mass is 10.1. The van der Waals surface area contributed by atoms with Gasteiger partial charge in [-0.05, 0) is 26.3 Å². The van der Waals surface area contributed by atoms with Gasteiger partial charge in [0.2, 0.25) is 0 Å². The van der Waals surface area contributed by atoms with Crippen LogP contribution in [0.5, 0.6) is 0 Å². The normalized spacial score (nSPS) is 11.2. The number of ether oxygens (including phenoxy) is 1. The average molecular weight is 221 g/mol. The Morgan fingerprint density at radius 2 is 1.94 bits per heavy atom. The van der Waals surface area contributed by atoms with Crippen LogP contribution in [0.25, 0.3) is 0 Å². The molecule has 1 aromatic carbocycles. The van der Waals surface area contributed by atoms with E-state index in [2.05, 4.69) is 5.32 Å². The molecule has 0 aromatic heterocycles. The van der Waals surface area contributed by atoms with Gasteiger partial charge in [0.05, 0.1) is 0 Å². The van der Waals surface area contributed by atoms with Gasteiger partial charge in [-0.15, -0.1) is 0 Å². The van der Waals surface area contributed by atoms with Crippen molar-refractivity contribution in [2.24, 2.45) is 0 Å². The van der Waals surface area contributed by atoms with Crippen molar-refractivity contribution in [3.63, 3.8) is 0 Å². The minimum atomic E-state index is -0.760. The van der Waals surface area contributed by atoms with Gasteiger partial charge >= 0.3 is 0 Å². The first kappa shape index (κ1) is 12.7. The Kier molecular flexibility index (Phi) is 4.50. The highest BCUT2D eigenvalue weighted by atomic mass is 16.5. The van der Waals surface area contributed by atoms with Crippen LogP contribution in [0.3, 0.4) is 0 Å². The smallest absolute Gasteiger partial charge is 0.251 e. The van der Waals surface area contributed by atoms with Crippen molar-refractivity contribution < 1.29 is 9.53 Å². The molecule has 0 radical (unpaired) electrons. The molecule has 1 aromatic rings. The molecule has 3 nitrogen and oxygen atoms in total. The van der Waals surface area contributed by atoms with E-state index < -0.39 is 5.60 Å². The van der Waals surface area contributed by atoms with Crippen molar-refractivity contribution in [1.82, 2.24) is 5.32 Å². The number of carbonyl (C=O) groups is 1. The summed E-state index contributed by atoms with van der Waals surface area (Å²) in [4.78, 5) is 11.8. The fraction of sp³-hybridized carbons (Fsp3) is 0.462. The zero-order valence-electron chi connectivity index (χ0n) is 10.1. The molecule has 1 amide bonds. The van der Waals surface area contributed by atoms with E-state index in [9.17, 15) is 4.79 Å². The Morgan fingerprint density at radius 3 is 2.50 bits per heavy atom. The van der Waals surface area contributed by atoms with Crippen LogP contribution in [0.1, 0.15) is 26.3 Å². The molecule has 0 bridgehead atoms. The molecule has 1 rings (SSSR count). The highest BCUT2D eigenvalue weighted by Crippen LogP contribution is 2.09. The van der Waals surface area contributed by atoms with Crippen LogP contribution in [-0.4, -0.2) is 18.1 Å². The van der Waals surface area contributed by atoms with Crippen molar-refractivity contribution >= 4 is 5.91 Å².